The Hall–Kier alpha value is -2.22. The second-order valence-electron chi connectivity index (χ2n) is 7.87. The van der Waals surface area contributed by atoms with Gasteiger partial charge in [-0.05, 0) is 55.4 Å². The molecule has 5 nitrogen and oxygen atoms in total. The maximum Gasteiger partial charge on any atom is 0.227 e. The molecule has 1 fully saturated rings. The lowest BCUT2D eigenvalue weighted by Gasteiger charge is -2.34. The van der Waals surface area contributed by atoms with Crippen LogP contribution in [0.1, 0.15) is 37.7 Å². The average molecular weight is 485 g/mol. The lowest BCUT2D eigenvalue weighted by molar-refractivity contribution is -0.120. The van der Waals surface area contributed by atoms with Gasteiger partial charge in [-0.2, -0.15) is 0 Å². The first-order valence-corrected chi connectivity index (χ1v) is 11.2. The van der Waals surface area contributed by atoms with Crippen LogP contribution in [-0.4, -0.2) is 30.1 Å². The molecule has 1 saturated heterocycles. The number of piperidine rings is 1. The SMILES string of the molecule is O=C(CCCCO)Nc1cc(Cl)c(N2CC(Cc3ccc(F)cc3F)CCC2=O)c(Cl)c1. The number of rotatable bonds is 8. The predicted octanol–water partition coefficient (Wildman–Crippen LogP) is 5.36. The molecule has 0 aromatic heterocycles. The van der Waals surface area contributed by atoms with Crippen molar-refractivity contribution < 1.29 is 23.5 Å². The van der Waals surface area contributed by atoms with Crippen molar-refractivity contribution in [1.29, 1.82) is 0 Å². The molecule has 1 atom stereocenters. The first-order valence-electron chi connectivity index (χ1n) is 10.4. The number of nitrogens with one attached hydrogen (secondary N) is 1. The fourth-order valence-electron chi connectivity index (χ4n) is 3.81. The van der Waals surface area contributed by atoms with E-state index in [1.165, 1.54) is 29.2 Å². The molecule has 2 N–H and O–H groups in total. The Labute approximate surface area is 195 Å². The Kier molecular flexibility index (Phi) is 8.45. The molecule has 2 amide bonds. The summed E-state index contributed by atoms with van der Waals surface area (Å²) in [5, 5.41) is 11.9. The topological polar surface area (TPSA) is 69.6 Å². The molecule has 0 radical (unpaired) electrons. The molecule has 0 bridgehead atoms. The van der Waals surface area contributed by atoms with E-state index in [1.54, 1.807) is 0 Å². The van der Waals surface area contributed by atoms with E-state index in [-0.39, 0.29) is 47.2 Å². The van der Waals surface area contributed by atoms with Gasteiger partial charge in [0.15, 0.2) is 0 Å². The largest absolute Gasteiger partial charge is 0.396 e. The van der Waals surface area contributed by atoms with Crippen LogP contribution in [0.5, 0.6) is 0 Å². The van der Waals surface area contributed by atoms with Crippen LogP contribution in [0.3, 0.4) is 0 Å². The third kappa shape index (κ3) is 6.18. The number of unbranched alkanes of at least 4 members (excludes halogenated alkanes) is 1. The first kappa shape index (κ1) is 24.4. The summed E-state index contributed by atoms with van der Waals surface area (Å²) in [5.74, 6) is -1.67. The minimum atomic E-state index is -0.633. The lowest BCUT2D eigenvalue weighted by atomic mass is 9.90. The molecule has 32 heavy (non-hydrogen) atoms. The van der Waals surface area contributed by atoms with Gasteiger partial charge in [-0.3, -0.25) is 9.59 Å². The third-order valence-corrected chi connectivity index (χ3v) is 5.99. The Morgan fingerprint density at radius 3 is 2.53 bits per heavy atom. The number of nitrogens with zero attached hydrogens (tertiary/aromatic N) is 1. The molecule has 3 rings (SSSR count). The summed E-state index contributed by atoms with van der Waals surface area (Å²) in [7, 11) is 0. The van der Waals surface area contributed by atoms with Gasteiger partial charge in [0.05, 0.1) is 15.7 Å². The van der Waals surface area contributed by atoms with E-state index in [0.29, 0.717) is 49.2 Å². The van der Waals surface area contributed by atoms with Crippen molar-refractivity contribution >= 4 is 46.4 Å². The van der Waals surface area contributed by atoms with Gasteiger partial charge in [-0.15, -0.1) is 0 Å². The molecule has 9 heteroatoms. The van der Waals surface area contributed by atoms with Crippen molar-refractivity contribution in [2.24, 2.45) is 5.92 Å². The van der Waals surface area contributed by atoms with E-state index in [2.05, 4.69) is 5.32 Å². The number of amides is 2. The van der Waals surface area contributed by atoms with Gasteiger partial charge in [0, 0.05) is 37.7 Å². The van der Waals surface area contributed by atoms with Crippen molar-refractivity contribution in [3.05, 3.63) is 57.6 Å². The smallest absolute Gasteiger partial charge is 0.227 e. The molecule has 1 heterocycles. The fraction of sp³-hybridized carbons (Fsp3) is 0.391. The van der Waals surface area contributed by atoms with E-state index in [1.807, 2.05) is 0 Å². The molecule has 0 spiro atoms. The number of anilines is 2. The highest BCUT2D eigenvalue weighted by Crippen LogP contribution is 2.39. The highest BCUT2D eigenvalue weighted by Gasteiger charge is 2.30. The number of hydrogen-bond donors (Lipinski definition) is 2. The maximum absolute atomic E-state index is 14.1. The fourth-order valence-corrected chi connectivity index (χ4v) is 4.50. The summed E-state index contributed by atoms with van der Waals surface area (Å²) in [6, 6.07) is 6.55. The van der Waals surface area contributed by atoms with Gasteiger partial charge >= 0.3 is 0 Å². The molecule has 1 unspecified atom stereocenters. The van der Waals surface area contributed by atoms with Gasteiger partial charge in [0.25, 0.3) is 0 Å². The number of hydrogen-bond acceptors (Lipinski definition) is 3. The molecule has 1 aliphatic heterocycles. The predicted molar refractivity (Wildman–Crippen MR) is 121 cm³/mol. The van der Waals surface area contributed by atoms with Gasteiger partial charge < -0.3 is 15.3 Å². The second-order valence-corrected chi connectivity index (χ2v) is 8.68. The molecule has 1 aliphatic rings. The zero-order valence-electron chi connectivity index (χ0n) is 17.3. The molecule has 0 aliphatic carbocycles. The minimum absolute atomic E-state index is 0.0261. The van der Waals surface area contributed by atoms with Gasteiger partial charge in [0.2, 0.25) is 11.8 Å². The summed E-state index contributed by atoms with van der Waals surface area (Å²) in [6.45, 7) is 0.320. The summed E-state index contributed by atoms with van der Waals surface area (Å²) >= 11 is 12.9. The average Bonchev–Trinajstić information content (AvgIpc) is 2.72. The highest BCUT2D eigenvalue weighted by molar-refractivity contribution is 6.40. The third-order valence-electron chi connectivity index (χ3n) is 5.41. The highest BCUT2D eigenvalue weighted by atomic mass is 35.5. The van der Waals surface area contributed by atoms with Crippen molar-refractivity contribution in [2.45, 2.75) is 38.5 Å². The number of aliphatic hydroxyl groups excluding tert-OH is 1. The quantitative estimate of drug-likeness (QED) is 0.495. The van der Waals surface area contributed by atoms with Crippen molar-refractivity contribution in [2.75, 3.05) is 23.4 Å². The van der Waals surface area contributed by atoms with E-state index in [4.69, 9.17) is 28.3 Å². The van der Waals surface area contributed by atoms with E-state index in [0.717, 1.165) is 6.07 Å². The number of carbonyl (C=O) groups is 2. The number of carbonyl (C=O) groups excluding carboxylic acids is 2. The summed E-state index contributed by atoms with van der Waals surface area (Å²) in [5.41, 5.74) is 1.15. The molecule has 172 valence electrons. The number of benzene rings is 2. The molecule has 2 aromatic rings. The normalized spacial score (nSPS) is 16.3. The minimum Gasteiger partial charge on any atom is -0.396 e. The molecule has 0 saturated carbocycles. The van der Waals surface area contributed by atoms with Crippen molar-refractivity contribution in [3.63, 3.8) is 0 Å². The Morgan fingerprint density at radius 2 is 1.88 bits per heavy atom. The van der Waals surface area contributed by atoms with E-state index in [9.17, 15) is 18.4 Å². The monoisotopic (exact) mass is 484 g/mol. The van der Waals surface area contributed by atoms with Crippen LogP contribution in [0, 0.1) is 17.6 Å². The number of aliphatic hydroxyl groups is 1. The van der Waals surface area contributed by atoms with Crippen LogP contribution in [0.25, 0.3) is 0 Å². The number of halogens is 4. The van der Waals surface area contributed by atoms with Crippen LogP contribution < -0.4 is 10.2 Å². The van der Waals surface area contributed by atoms with Gasteiger partial charge in [0.1, 0.15) is 11.6 Å². The van der Waals surface area contributed by atoms with Crippen LogP contribution in [0.2, 0.25) is 10.0 Å². The molecule has 2 aromatic carbocycles. The van der Waals surface area contributed by atoms with Crippen LogP contribution >= 0.6 is 23.2 Å². The maximum atomic E-state index is 14.1. The van der Waals surface area contributed by atoms with Gasteiger partial charge in [-0.1, -0.05) is 29.3 Å². The van der Waals surface area contributed by atoms with Crippen molar-refractivity contribution in [3.8, 4) is 0 Å². The summed E-state index contributed by atoms with van der Waals surface area (Å²) < 4.78 is 27.2. The second kappa shape index (κ2) is 11.1. The standard InChI is InChI=1S/C23H24Cl2F2N2O3/c24-18-11-17(28-21(31)3-1-2-8-30)12-19(25)23(18)29-13-14(4-7-22(29)32)9-15-5-6-16(26)10-20(15)27/h5-6,10-12,14,30H,1-4,7-9,13H2,(H,28,31). The van der Waals surface area contributed by atoms with E-state index < -0.39 is 11.6 Å². The van der Waals surface area contributed by atoms with Crippen LogP contribution in [0.15, 0.2) is 30.3 Å². The lowest BCUT2D eigenvalue weighted by Crippen LogP contribution is -2.41. The summed E-state index contributed by atoms with van der Waals surface area (Å²) in [4.78, 5) is 26.1. The Bertz CT molecular complexity index is 980. The summed E-state index contributed by atoms with van der Waals surface area (Å²) in [6.07, 6.45) is 2.53. The van der Waals surface area contributed by atoms with Crippen LogP contribution in [-0.2, 0) is 16.0 Å². The first-order chi connectivity index (χ1) is 15.3. The van der Waals surface area contributed by atoms with Crippen molar-refractivity contribution in [1.82, 2.24) is 0 Å². The van der Waals surface area contributed by atoms with Gasteiger partial charge in [-0.25, -0.2) is 8.78 Å². The van der Waals surface area contributed by atoms with E-state index >= 15 is 0 Å². The molecular weight excluding hydrogens is 461 g/mol. The zero-order chi connectivity index (χ0) is 23.3. The Morgan fingerprint density at radius 1 is 1.16 bits per heavy atom. The Balaban J connectivity index is 1.73. The van der Waals surface area contributed by atoms with Crippen LogP contribution in [0.4, 0.5) is 20.2 Å². The molecular formula is C23H24Cl2F2N2O3. The zero-order valence-corrected chi connectivity index (χ0v) is 18.9.